The number of aromatic hydroxyl groups is 1. The van der Waals surface area contributed by atoms with Gasteiger partial charge < -0.3 is 24.6 Å². The third-order valence-corrected chi connectivity index (χ3v) is 5.87. The van der Waals surface area contributed by atoms with Crippen LogP contribution in [0.3, 0.4) is 0 Å². The molecule has 1 aliphatic heterocycles. The van der Waals surface area contributed by atoms with Crippen molar-refractivity contribution in [1.29, 1.82) is 0 Å². The summed E-state index contributed by atoms with van der Waals surface area (Å²) in [5, 5.41) is 22.5. The minimum Gasteiger partial charge on any atom is -0.507 e. The molecule has 1 heterocycles. The number of hydrogen-bond donors (Lipinski definition) is 2. The molecule has 1 atom stereocenters. The molecule has 4 rings (SSSR count). The van der Waals surface area contributed by atoms with Crippen LogP contribution in [0.1, 0.15) is 5.56 Å². The number of piperazine rings is 1. The van der Waals surface area contributed by atoms with Gasteiger partial charge in [-0.1, -0.05) is 36.4 Å². The van der Waals surface area contributed by atoms with Crippen LogP contribution >= 0.6 is 0 Å². The summed E-state index contributed by atoms with van der Waals surface area (Å²) in [5.41, 5.74) is 1.87. The lowest BCUT2D eigenvalue weighted by Crippen LogP contribution is -2.49. The standard InChI is InChI=1S/C25H30N2O4/c1-18-15-24(20-7-3-4-8-21(20)25(18)29)31-17-19(28)16-26-11-13-27(14-12-26)22-9-5-6-10-23(22)30-2/h3-10,15,19,28-29H,11-14,16-17H2,1-2H3. The highest BCUT2D eigenvalue weighted by atomic mass is 16.5. The van der Waals surface area contributed by atoms with Crippen LogP contribution in [0.2, 0.25) is 0 Å². The minimum absolute atomic E-state index is 0.209. The van der Waals surface area contributed by atoms with Crippen LogP contribution in [0, 0.1) is 6.92 Å². The van der Waals surface area contributed by atoms with Gasteiger partial charge in [0.2, 0.25) is 0 Å². The van der Waals surface area contributed by atoms with E-state index in [4.69, 9.17) is 9.47 Å². The molecule has 0 aromatic heterocycles. The summed E-state index contributed by atoms with van der Waals surface area (Å²) >= 11 is 0. The number of methoxy groups -OCH3 is 1. The first-order valence-electron chi connectivity index (χ1n) is 10.7. The second-order valence-electron chi connectivity index (χ2n) is 8.01. The number of para-hydroxylation sites is 2. The first-order chi connectivity index (χ1) is 15.1. The zero-order valence-corrected chi connectivity index (χ0v) is 18.1. The van der Waals surface area contributed by atoms with Crippen molar-refractivity contribution in [2.45, 2.75) is 13.0 Å². The molecule has 1 fully saturated rings. The molecule has 31 heavy (non-hydrogen) atoms. The molecule has 0 bridgehead atoms. The number of aryl methyl sites for hydroxylation is 1. The van der Waals surface area contributed by atoms with Gasteiger partial charge in [0, 0.05) is 43.5 Å². The Morgan fingerprint density at radius 3 is 2.35 bits per heavy atom. The van der Waals surface area contributed by atoms with Crippen molar-refractivity contribution in [3.63, 3.8) is 0 Å². The van der Waals surface area contributed by atoms with E-state index in [1.54, 1.807) is 7.11 Å². The van der Waals surface area contributed by atoms with Gasteiger partial charge in [0.25, 0.3) is 0 Å². The summed E-state index contributed by atoms with van der Waals surface area (Å²) < 4.78 is 11.4. The minimum atomic E-state index is -0.592. The molecule has 3 aromatic carbocycles. The first-order valence-corrected chi connectivity index (χ1v) is 10.7. The molecule has 0 saturated carbocycles. The van der Waals surface area contributed by atoms with Crippen molar-refractivity contribution in [1.82, 2.24) is 4.90 Å². The van der Waals surface area contributed by atoms with E-state index in [9.17, 15) is 10.2 Å². The second kappa shape index (κ2) is 9.45. The second-order valence-corrected chi connectivity index (χ2v) is 8.01. The van der Waals surface area contributed by atoms with Crippen molar-refractivity contribution in [2.75, 3.05) is 51.3 Å². The molecular weight excluding hydrogens is 392 g/mol. The smallest absolute Gasteiger partial charge is 0.142 e. The predicted molar refractivity (Wildman–Crippen MR) is 123 cm³/mol. The molecule has 0 aliphatic carbocycles. The highest BCUT2D eigenvalue weighted by Gasteiger charge is 2.21. The number of anilines is 1. The highest BCUT2D eigenvalue weighted by molar-refractivity contribution is 5.94. The topological polar surface area (TPSA) is 65.4 Å². The molecule has 6 nitrogen and oxygen atoms in total. The zero-order chi connectivity index (χ0) is 21.8. The first kappa shape index (κ1) is 21.3. The van der Waals surface area contributed by atoms with E-state index >= 15 is 0 Å². The lowest BCUT2D eigenvalue weighted by Gasteiger charge is -2.37. The highest BCUT2D eigenvalue weighted by Crippen LogP contribution is 2.35. The van der Waals surface area contributed by atoms with Crippen LogP contribution in [0.4, 0.5) is 5.69 Å². The maximum atomic E-state index is 10.6. The van der Waals surface area contributed by atoms with Gasteiger partial charge in [0.15, 0.2) is 0 Å². The zero-order valence-electron chi connectivity index (χ0n) is 18.1. The molecule has 164 valence electrons. The Morgan fingerprint density at radius 1 is 0.935 bits per heavy atom. The third kappa shape index (κ3) is 4.70. The monoisotopic (exact) mass is 422 g/mol. The molecule has 1 aliphatic rings. The van der Waals surface area contributed by atoms with Gasteiger partial charge >= 0.3 is 0 Å². The quantitative estimate of drug-likeness (QED) is 0.608. The van der Waals surface area contributed by atoms with Crippen LogP contribution in [0.5, 0.6) is 17.2 Å². The summed E-state index contributed by atoms with van der Waals surface area (Å²) in [4.78, 5) is 4.59. The summed E-state index contributed by atoms with van der Waals surface area (Å²) in [6.45, 7) is 6.14. The Kier molecular flexibility index (Phi) is 6.49. The fourth-order valence-corrected chi connectivity index (χ4v) is 4.18. The van der Waals surface area contributed by atoms with Crippen molar-refractivity contribution in [3.8, 4) is 17.2 Å². The molecule has 2 N–H and O–H groups in total. The van der Waals surface area contributed by atoms with Gasteiger partial charge in [0.1, 0.15) is 30.0 Å². The van der Waals surface area contributed by atoms with E-state index in [2.05, 4.69) is 15.9 Å². The Bertz CT molecular complexity index is 1030. The number of nitrogens with zero attached hydrogens (tertiary/aromatic N) is 2. The summed E-state index contributed by atoms with van der Waals surface area (Å²) in [6, 6.07) is 17.5. The number of rotatable bonds is 7. The number of aliphatic hydroxyl groups is 1. The molecule has 0 radical (unpaired) electrons. The van der Waals surface area contributed by atoms with E-state index in [1.807, 2.05) is 55.5 Å². The van der Waals surface area contributed by atoms with Crippen molar-refractivity contribution < 1.29 is 19.7 Å². The number of β-amino-alcohol motifs (C(OH)–C–C–N with tert-alkyl or cyclic N) is 1. The number of phenolic OH excluding ortho intramolecular Hbond substituents is 1. The van der Waals surface area contributed by atoms with E-state index in [0.717, 1.165) is 54.0 Å². The Balaban J connectivity index is 1.32. The Hall–Kier alpha value is -2.96. The van der Waals surface area contributed by atoms with Crippen molar-refractivity contribution in [3.05, 3.63) is 60.2 Å². The van der Waals surface area contributed by atoms with E-state index < -0.39 is 6.10 Å². The number of benzene rings is 3. The van der Waals surface area contributed by atoms with Gasteiger partial charge in [-0.05, 0) is 30.7 Å². The van der Waals surface area contributed by atoms with E-state index in [-0.39, 0.29) is 12.4 Å². The maximum Gasteiger partial charge on any atom is 0.142 e. The lowest BCUT2D eigenvalue weighted by molar-refractivity contribution is 0.0668. The van der Waals surface area contributed by atoms with Gasteiger partial charge in [-0.2, -0.15) is 0 Å². The molecular formula is C25H30N2O4. The number of aliphatic hydroxyl groups excluding tert-OH is 1. The molecule has 0 amide bonds. The summed E-state index contributed by atoms with van der Waals surface area (Å²) in [5.74, 6) is 1.85. The van der Waals surface area contributed by atoms with Crippen molar-refractivity contribution in [2.24, 2.45) is 0 Å². The van der Waals surface area contributed by atoms with Crippen LogP contribution in [0.25, 0.3) is 10.8 Å². The van der Waals surface area contributed by atoms with Crippen LogP contribution < -0.4 is 14.4 Å². The fourth-order valence-electron chi connectivity index (χ4n) is 4.18. The largest absolute Gasteiger partial charge is 0.507 e. The van der Waals surface area contributed by atoms with Crippen LogP contribution in [0.15, 0.2) is 54.6 Å². The Labute approximate surface area is 183 Å². The normalized spacial score (nSPS) is 15.8. The van der Waals surface area contributed by atoms with Crippen LogP contribution in [-0.2, 0) is 0 Å². The van der Waals surface area contributed by atoms with Gasteiger partial charge in [-0.25, -0.2) is 0 Å². The van der Waals surface area contributed by atoms with Gasteiger partial charge in [-0.3, -0.25) is 4.90 Å². The molecule has 1 saturated heterocycles. The summed E-state index contributed by atoms with van der Waals surface area (Å²) in [6.07, 6.45) is -0.592. The van der Waals surface area contributed by atoms with E-state index in [1.165, 1.54) is 0 Å². The summed E-state index contributed by atoms with van der Waals surface area (Å²) in [7, 11) is 1.70. The Morgan fingerprint density at radius 2 is 1.61 bits per heavy atom. The van der Waals surface area contributed by atoms with Crippen LogP contribution in [-0.4, -0.2) is 67.7 Å². The number of hydrogen-bond acceptors (Lipinski definition) is 6. The number of ether oxygens (including phenoxy) is 2. The fraction of sp³-hybridized carbons (Fsp3) is 0.360. The molecule has 1 unspecified atom stereocenters. The molecule has 6 heteroatoms. The number of fused-ring (bicyclic) bond motifs is 1. The third-order valence-electron chi connectivity index (χ3n) is 5.87. The molecule has 0 spiro atoms. The lowest BCUT2D eigenvalue weighted by atomic mass is 10.0. The maximum absolute atomic E-state index is 10.6. The van der Waals surface area contributed by atoms with Gasteiger partial charge in [0.05, 0.1) is 12.8 Å². The van der Waals surface area contributed by atoms with Crippen molar-refractivity contribution >= 4 is 16.5 Å². The molecule has 3 aromatic rings. The average molecular weight is 423 g/mol. The van der Waals surface area contributed by atoms with E-state index in [0.29, 0.717) is 12.3 Å². The predicted octanol–water partition coefficient (Wildman–Crippen LogP) is 3.42. The van der Waals surface area contributed by atoms with Gasteiger partial charge in [-0.15, -0.1) is 0 Å². The SMILES string of the molecule is COc1ccccc1N1CCN(CC(O)COc2cc(C)c(O)c3ccccc23)CC1. The number of phenols is 1. The average Bonchev–Trinajstić information content (AvgIpc) is 2.81.